The number of aliphatic hydroxyl groups excluding tert-OH is 7. The number of hydrogen-bond donors (Lipinski definition) is 7. The maximum atomic E-state index is 12.2. The standard InChI is InChI=1S/C44H70O14/c1-22-30(49)34(58-37-33(52)35(55-23(2)47)31(50)24(19-45)56-37)32(51)36(54-22)57-29-11-12-39(5)25(40(29,6)20-46)9-13-41(7)26(39)10-14-44-27-17-38(3,4)15-16-43(27,21-53-44)28(48)18-42(41,44)8/h10,14,22,24-37,45-46,48-52H,9,11-13,15-21H2,1-8H3/t22-,24-,25-,26-,27-,28-,29+,30+,31-,32-,33-,34+,35+,36+,37+,39+,40+,41-,42+,43-,44+/m1/s1. The third kappa shape index (κ3) is 5.89. The van der Waals surface area contributed by atoms with E-state index in [1.54, 1.807) is 6.92 Å². The maximum absolute atomic E-state index is 12.2. The summed E-state index contributed by atoms with van der Waals surface area (Å²) in [6.45, 7) is 16.4. The lowest BCUT2D eigenvalue weighted by atomic mass is 9.32. The zero-order chi connectivity index (χ0) is 42.2. The maximum Gasteiger partial charge on any atom is 0.303 e. The summed E-state index contributed by atoms with van der Waals surface area (Å²) in [6.07, 6.45) is -3.53. The van der Waals surface area contributed by atoms with Crippen molar-refractivity contribution in [1.82, 2.24) is 0 Å². The summed E-state index contributed by atoms with van der Waals surface area (Å²) in [7, 11) is 0. The second kappa shape index (κ2) is 14.4. The molecular weight excluding hydrogens is 752 g/mol. The van der Waals surface area contributed by atoms with Crippen molar-refractivity contribution in [1.29, 1.82) is 0 Å². The highest BCUT2D eigenvalue weighted by atomic mass is 16.7. The molecule has 0 radical (unpaired) electrons. The molecule has 8 aliphatic rings. The molecule has 0 aromatic rings. The zero-order valence-electron chi connectivity index (χ0n) is 35.6. The summed E-state index contributed by atoms with van der Waals surface area (Å²) in [5.74, 6) is -0.369. The third-order valence-corrected chi connectivity index (χ3v) is 18.2. The Hall–Kier alpha value is -1.27. The number of ether oxygens (including phenoxy) is 6. The molecule has 14 nitrogen and oxygen atoms in total. The van der Waals surface area contributed by atoms with Gasteiger partial charge in [-0.25, -0.2) is 0 Å². The van der Waals surface area contributed by atoms with Crippen LogP contribution in [0.3, 0.4) is 0 Å². The predicted octanol–water partition coefficient (Wildman–Crippen LogP) is 2.35. The van der Waals surface area contributed by atoms with Crippen LogP contribution in [0.5, 0.6) is 0 Å². The van der Waals surface area contributed by atoms with Crippen LogP contribution in [0.2, 0.25) is 0 Å². The van der Waals surface area contributed by atoms with Gasteiger partial charge in [-0.1, -0.05) is 53.7 Å². The van der Waals surface area contributed by atoms with Crippen LogP contribution < -0.4 is 0 Å². The summed E-state index contributed by atoms with van der Waals surface area (Å²) in [5, 5.41) is 77.9. The SMILES string of the molecule is CC(=O)O[C@@H]1[C@@H](O)[C@H](O[C@H]2[C@@H](O)[C@@H](C)O[C@@H](O[C@H]3CC[C@@]4(C)[C@@H](CC[C@]5(C)[C@@H]4C=C[C@]46OC[C@@]7(CCC(C)(C)C[C@H]74)[C@H](O)C[C@]65C)[C@]3(C)CO)[C@@H]2O)O[C@H](CO)[C@H]1O. The van der Waals surface area contributed by atoms with Gasteiger partial charge in [0.15, 0.2) is 18.7 Å². The van der Waals surface area contributed by atoms with Crippen molar-refractivity contribution in [3.63, 3.8) is 0 Å². The highest BCUT2D eigenvalue weighted by molar-refractivity contribution is 5.66. The fraction of sp³-hybridized carbons (Fsp3) is 0.932. The molecule has 3 heterocycles. The number of hydrogen-bond acceptors (Lipinski definition) is 14. The molecule has 0 aromatic heterocycles. The Morgan fingerprint density at radius 3 is 2.16 bits per heavy atom. The molecule has 3 saturated heterocycles. The fourth-order valence-corrected chi connectivity index (χ4v) is 14.6. The molecule has 8 rings (SSSR count). The van der Waals surface area contributed by atoms with E-state index in [1.165, 1.54) is 0 Å². The van der Waals surface area contributed by atoms with E-state index in [9.17, 15) is 40.5 Å². The number of aliphatic hydroxyl groups is 7. The van der Waals surface area contributed by atoms with Crippen LogP contribution in [-0.4, -0.2) is 141 Å². The highest BCUT2D eigenvalue weighted by Gasteiger charge is 2.79. The average Bonchev–Trinajstić information content (AvgIpc) is 3.44. The molecule has 2 bridgehead atoms. The summed E-state index contributed by atoms with van der Waals surface area (Å²) in [4.78, 5) is 11.8. The normalized spacial score (nSPS) is 57.1. The van der Waals surface area contributed by atoms with Crippen LogP contribution in [0, 0.1) is 50.2 Å². The Bertz CT molecular complexity index is 1610. The molecule has 14 heteroatoms. The van der Waals surface area contributed by atoms with Gasteiger partial charge in [0.25, 0.3) is 0 Å². The molecule has 21 atom stereocenters. The average molecular weight is 823 g/mol. The minimum atomic E-state index is -1.72. The number of rotatable bonds is 7. The molecule has 1 spiro atoms. The van der Waals surface area contributed by atoms with E-state index in [-0.39, 0.29) is 51.4 Å². The fourth-order valence-electron chi connectivity index (χ4n) is 14.6. The van der Waals surface area contributed by atoms with E-state index in [4.69, 9.17) is 28.4 Å². The van der Waals surface area contributed by atoms with Crippen LogP contribution >= 0.6 is 0 Å². The molecule has 0 aromatic carbocycles. The van der Waals surface area contributed by atoms with Crippen molar-refractivity contribution >= 4 is 5.97 Å². The molecule has 0 amide bonds. The minimum Gasteiger partial charge on any atom is -0.457 e. The smallest absolute Gasteiger partial charge is 0.303 e. The summed E-state index contributed by atoms with van der Waals surface area (Å²) >= 11 is 0. The van der Waals surface area contributed by atoms with Crippen molar-refractivity contribution in [3.8, 4) is 0 Å². The molecule has 330 valence electrons. The second-order valence-electron chi connectivity index (χ2n) is 21.5. The van der Waals surface area contributed by atoms with Gasteiger partial charge >= 0.3 is 5.97 Å². The van der Waals surface area contributed by atoms with Crippen LogP contribution in [0.1, 0.15) is 107 Å². The lowest BCUT2D eigenvalue weighted by molar-refractivity contribution is -0.367. The first-order chi connectivity index (χ1) is 27.1. The van der Waals surface area contributed by atoms with Gasteiger partial charge in [-0.3, -0.25) is 4.79 Å². The first-order valence-corrected chi connectivity index (χ1v) is 21.8. The Morgan fingerprint density at radius 2 is 1.48 bits per heavy atom. The van der Waals surface area contributed by atoms with E-state index in [2.05, 4.69) is 53.7 Å². The van der Waals surface area contributed by atoms with Gasteiger partial charge in [-0.05, 0) is 86.4 Å². The number of fused-ring (bicyclic) bond motifs is 4. The summed E-state index contributed by atoms with van der Waals surface area (Å²) in [5.41, 5.74) is -1.99. The third-order valence-electron chi connectivity index (χ3n) is 18.2. The molecular formula is C44H70O14. The van der Waals surface area contributed by atoms with E-state index in [0.29, 0.717) is 19.4 Å². The highest BCUT2D eigenvalue weighted by Crippen LogP contribution is 2.79. The van der Waals surface area contributed by atoms with Gasteiger partial charge in [-0.2, -0.15) is 0 Å². The topological polar surface area (TPSA) is 214 Å². The molecule has 58 heavy (non-hydrogen) atoms. The van der Waals surface area contributed by atoms with Gasteiger partial charge < -0.3 is 64.2 Å². The van der Waals surface area contributed by atoms with E-state index in [1.807, 2.05) is 0 Å². The number of carbonyl (C=O) groups is 1. The van der Waals surface area contributed by atoms with Crippen molar-refractivity contribution in [2.75, 3.05) is 19.8 Å². The Labute approximate surface area is 342 Å². The molecule has 3 aliphatic heterocycles. The monoisotopic (exact) mass is 822 g/mol. The van der Waals surface area contributed by atoms with E-state index in [0.717, 1.165) is 45.4 Å². The second-order valence-corrected chi connectivity index (χ2v) is 21.5. The van der Waals surface area contributed by atoms with Gasteiger partial charge in [0.05, 0.1) is 43.7 Å². The van der Waals surface area contributed by atoms with Crippen LogP contribution in [-0.2, 0) is 33.2 Å². The van der Waals surface area contributed by atoms with Gasteiger partial charge in [0.2, 0.25) is 0 Å². The number of esters is 1. The van der Waals surface area contributed by atoms with Gasteiger partial charge in [0, 0.05) is 29.1 Å². The zero-order valence-corrected chi connectivity index (χ0v) is 35.6. The quantitative estimate of drug-likeness (QED) is 0.112. The number of carbonyl (C=O) groups excluding carboxylic acids is 1. The summed E-state index contributed by atoms with van der Waals surface area (Å²) in [6, 6.07) is 0. The van der Waals surface area contributed by atoms with E-state index < -0.39 is 97.2 Å². The van der Waals surface area contributed by atoms with Crippen molar-refractivity contribution in [2.24, 2.45) is 50.2 Å². The van der Waals surface area contributed by atoms with Gasteiger partial charge in [0.1, 0.15) is 36.6 Å². The first-order valence-electron chi connectivity index (χ1n) is 21.8. The first kappa shape index (κ1) is 43.4. The van der Waals surface area contributed by atoms with Crippen molar-refractivity contribution in [2.45, 2.75) is 186 Å². The van der Waals surface area contributed by atoms with Crippen molar-refractivity contribution < 1.29 is 69.0 Å². The molecule has 0 unspecified atom stereocenters. The predicted molar refractivity (Wildman–Crippen MR) is 206 cm³/mol. The summed E-state index contributed by atoms with van der Waals surface area (Å²) < 4.78 is 36.6. The van der Waals surface area contributed by atoms with E-state index >= 15 is 0 Å². The number of allylic oxidation sites excluding steroid dienone is 1. The Balaban J connectivity index is 1.04. The van der Waals surface area contributed by atoms with Crippen molar-refractivity contribution in [3.05, 3.63) is 12.2 Å². The van der Waals surface area contributed by atoms with Crippen LogP contribution in [0.4, 0.5) is 0 Å². The Morgan fingerprint density at radius 1 is 0.793 bits per heavy atom. The molecule has 5 aliphatic carbocycles. The minimum absolute atomic E-state index is 0.0245. The molecule has 7 N–H and O–H groups in total. The Kier molecular flexibility index (Phi) is 10.8. The largest absolute Gasteiger partial charge is 0.457 e. The lowest BCUT2D eigenvalue weighted by Crippen LogP contribution is -2.72. The van der Waals surface area contributed by atoms with Crippen LogP contribution in [0.25, 0.3) is 0 Å². The molecule has 4 saturated carbocycles. The van der Waals surface area contributed by atoms with Crippen LogP contribution in [0.15, 0.2) is 12.2 Å². The van der Waals surface area contributed by atoms with Gasteiger partial charge in [-0.15, -0.1) is 0 Å². The molecule has 7 fully saturated rings. The lowest BCUT2D eigenvalue weighted by Gasteiger charge is -2.73.